The number of hydrogen-bond donors (Lipinski definition) is 3. The van der Waals surface area contributed by atoms with Gasteiger partial charge in [-0.25, -0.2) is 0 Å². The Morgan fingerprint density at radius 2 is 2.07 bits per heavy atom. The minimum atomic E-state index is -0.698. The minimum absolute atomic E-state index is 0.106. The lowest BCUT2D eigenvalue weighted by molar-refractivity contribution is -0.142. The van der Waals surface area contributed by atoms with Gasteiger partial charge in [0.25, 0.3) is 0 Å². The van der Waals surface area contributed by atoms with Crippen LogP contribution < -0.4 is 5.32 Å². The maximum Gasteiger partial charge on any atom is 0.243 e. The van der Waals surface area contributed by atoms with E-state index in [0.717, 1.165) is 25.1 Å². The van der Waals surface area contributed by atoms with Gasteiger partial charge in [0.15, 0.2) is 0 Å². The second-order valence-electron chi connectivity index (χ2n) is 8.35. The van der Waals surface area contributed by atoms with Crippen molar-refractivity contribution in [1.82, 2.24) is 20.0 Å². The second kappa shape index (κ2) is 10.7. The van der Waals surface area contributed by atoms with Crippen LogP contribution in [0.2, 0.25) is 0 Å². The van der Waals surface area contributed by atoms with Crippen molar-refractivity contribution in [3.63, 3.8) is 0 Å². The molecule has 1 fully saturated rings. The number of amides is 2. The number of rotatable bonds is 10. The molecule has 1 saturated heterocycles. The number of hydrogen-bond acceptors (Lipinski definition) is 5. The Morgan fingerprint density at radius 3 is 2.69 bits per heavy atom. The lowest BCUT2D eigenvalue weighted by Gasteiger charge is -2.29. The summed E-state index contributed by atoms with van der Waals surface area (Å²) in [7, 11) is 0. The molecular formula is C21H36N4O4. The zero-order chi connectivity index (χ0) is 21.6. The van der Waals surface area contributed by atoms with Crippen LogP contribution in [-0.2, 0) is 22.6 Å². The highest BCUT2D eigenvalue weighted by atomic mass is 16.3. The number of β-amino-alcohol motifs (C(OH)–C–C–N with tert-alkyl or cyclic N) is 1. The molecule has 0 aromatic carbocycles. The van der Waals surface area contributed by atoms with E-state index in [-0.39, 0.29) is 49.3 Å². The van der Waals surface area contributed by atoms with Gasteiger partial charge in [-0.05, 0) is 38.2 Å². The van der Waals surface area contributed by atoms with Crippen molar-refractivity contribution in [3.8, 4) is 0 Å². The van der Waals surface area contributed by atoms with Crippen molar-refractivity contribution < 1.29 is 19.8 Å². The number of carbonyl (C=O) groups is 2. The van der Waals surface area contributed by atoms with Gasteiger partial charge in [0, 0.05) is 37.3 Å². The van der Waals surface area contributed by atoms with E-state index in [2.05, 4.69) is 10.4 Å². The normalized spacial score (nSPS) is 21.4. The van der Waals surface area contributed by atoms with Gasteiger partial charge in [-0.2, -0.15) is 5.10 Å². The van der Waals surface area contributed by atoms with Gasteiger partial charge in [-0.1, -0.05) is 20.8 Å². The molecule has 3 N–H and O–H groups in total. The first-order chi connectivity index (χ1) is 13.8. The molecule has 1 aromatic heterocycles. The largest absolute Gasteiger partial charge is 0.394 e. The van der Waals surface area contributed by atoms with E-state index in [1.807, 2.05) is 38.4 Å². The van der Waals surface area contributed by atoms with E-state index in [0.29, 0.717) is 6.42 Å². The molecule has 1 aromatic rings. The molecule has 2 heterocycles. The minimum Gasteiger partial charge on any atom is -0.394 e. The van der Waals surface area contributed by atoms with Crippen LogP contribution in [0.5, 0.6) is 0 Å². The molecule has 1 aliphatic rings. The van der Waals surface area contributed by atoms with Crippen molar-refractivity contribution in [1.29, 1.82) is 0 Å². The van der Waals surface area contributed by atoms with E-state index in [9.17, 15) is 19.8 Å². The van der Waals surface area contributed by atoms with Gasteiger partial charge < -0.3 is 20.4 Å². The Kier molecular flexibility index (Phi) is 8.64. The summed E-state index contributed by atoms with van der Waals surface area (Å²) in [5.74, 6) is -0.466. The lowest BCUT2D eigenvalue weighted by Crippen LogP contribution is -2.51. The number of aliphatic hydroxyl groups excluding tert-OH is 2. The van der Waals surface area contributed by atoms with Crippen molar-refractivity contribution in [3.05, 3.63) is 18.0 Å². The molecule has 1 aliphatic heterocycles. The molecule has 29 heavy (non-hydrogen) atoms. The van der Waals surface area contributed by atoms with Crippen molar-refractivity contribution in [2.24, 2.45) is 11.8 Å². The average molecular weight is 409 g/mol. The molecule has 8 heteroatoms. The summed E-state index contributed by atoms with van der Waals surface area (Å²) in [4.78, 5) is 27.1. The number of carbonyl (C=O) groups excluding carboxylic acids is 2. The highest BCUT2D eigenvalue weighted by Gasteiger charge is 2.41. The number of aryl methyl sites for hydroxylation is 2. The van der Waals surface area contributed by atoms with Gasteiger partial charge in [0.2, 0.25) is 11.8 Å². The van der Waals surface area contributed by atoms with Gasteiger partial charge in [0.05, 0.1) is 18.8 Å². The Hall–Kier alpha value is -1.93. The predicted octanol–water partition coefficient (Wildman–Crippen LogP) is 0.957. The van der Waals surface area contributed by atoms with Crippen LogP contribution in [0.1, 0.15) is 52.7 Å². The molecule has 8 nitrogen and oxygen atoms in total. The first-order valence-corrected chi connectivity index (χ1v) is 10.7. The fourth-order valence-corrected chi connectivity index (χ4v) is 3.75. The fourth-order valence-electron chi connectivity index (χ4n) is 3.75. The molecular weight excluding hydrogens is 372 g/mol. The maximum atomic E-state index is 12.8. The summed E-state index contributed by atoms with van der Waals surface area (Å²) in [6.07, 6.45) is 3.56. The molecule has 0 radical (unpaired) electrons. The number of aliphatic hydroxyl groups is 2. The van der Waals surface area contributed by atoms with Crippen LogP contribution in [0.3, 0.4) is 0 Å². The average Bonchev–Trinajstić information content (AvgIpc) is 3.31. The Bertz CT molecular complexity index is 675. The zero-order valence-corrected chi connectivity index (χ0v) is 18.0. The van der Waals surface area contributed by atoms with Gasteiger partial charge in [0.1, 0.15) is 6.04 Å². The van der Waals surface area contributed by atoms with Gasteiger partial charge in [-0.3, -0.25) is 14.3 Å². The molecule has 0 aliphatic carbocycles. The summed E-state index contributed by atoms with van der Waals surface area (Å²) in [6, 6.07) is 0.919. The molecule has 164 valence electrons. The quantitative estimate of drug-likeness (QED) is 0.534. The number of nitrogens with zero attached hydrogens (tertiary/aromatic N) is 3. The van der Waals surface area contributed by atoms with Crippen molar-refractivity contribution in [2.75, 3.05) is 13.2 Å². The fraction of sp³-hybridized carbons (Fsp3) is 0.762. The van der Waals surface area contributed by atoms with Gasteiger partial charge >= 0.3 is 0 Å². The summed E-state index contributed by atoms with van der Waals surface area (Å²) in [6.45, 7) is 8.65. The molecule has 4 unspecified atom stereocenters. The third-order valence-corrected chi connectivity index (χ3v) is 5.91. The Morgan fingerprint density at radius 1 is 1.34 bits per heavy atom. The topological polar surface area (TPSA) is 108 Å². The SMILES string of the molecule is CCn1nccc1CCCC(CO)NC(=O)C1CC(O)CN1C(=O)C(C)C(C)C. The predicted molar refractivity (Wildman–Crippen MR) is 110 cm³/mol. The van der Waals surface area contributed by atoms with Crippen LogP contribution in [0.4, 0.5) is 0 Å². The van der Waals surface area contributed by atoms with E-state index in [1.54, 1.807) is 6.20 Å². The summed E-state index contributed by atoms with van der Waals surface area (Å²) in [5.41, 5.74) is 1.13. The molecule has 0 saturated carbocycles. The molecule has 0 spiro atoms. The highest BCUT2D eigenvalue weighted by Crippen LogP contribution is 2.23. The zero-order valence-electron chi connectivity index (χ0n) is 18.0. The van der Waals surface area contributed by atoms with Crippen LogP contribution in [-0.4, -0.2) is 68.0 Å². The third-order valence-electron chi connectivity index (χ3n) is 5.91. The number of aromatic nitrogens is 2. The van der Waals surface area contributed by atoms with Crippen LogP contribution >= 0.6 is 0 Å². The number of likely N-dealkylation sites (tertiary alicyclic amines) is 1. The van der Waals surface area contributed by atoms with Crippen LogP contribution in [0.25, 0.3) is 0 Å². The highest BCUT2D eigenvalue weighted by molar-refractivity contribution is 5.89. The molecule has 0 bridgehead atoms. The summed E-state index contributed by atoms with van der Waals surface area (Å²) >= 11 is 0. The van der Waals surface area contributed by atoms with E-state index >= 15 is 0 Å². The monoisotopic (exact) mass is 408 g/mol. The molecule has 2 amide bonds. The Balaban J connectivity index is 1.92. The van der Waals surface area contributed by atoms with E-state index < -0.39 is 12.1 Å². The van der Waals surface area contributed by atoms with E-state index in [4.69, 9.17) is 0 Å². The standard InChI is InChI=1S/C21H36N4O4/c1-5-25-17(9-10-22-25)8-6-7-16(13-26)23-20(28)19-11-18(27)12-24(19)21(29)15(4)14(2)3/h9-10,14-16,18-19,26-27H,5-8,11-13H2,1-4H3,(H,23,28). The van der Waals surface area contributed by atoms with Crippen molar-refractivity contribution >= 4 is 11.8 Å². The van der Waals surface area contributed by atoms with Crippen LogP contribution in [0, 0.1) is 11.8 Å². The summed E-state index contributed by atoms with van der Waals surface area (Å²) in [5, 5.41) is 26.9. The van der Waals surface area contributed by atoms with Gasteiger partial charge in [-0.15, -0.1) is 0 Å². The molecule has 4 atom stereocenters. The van der Waals surface area contributed by atoms with E-state index in [1.165, 1.54) is 4.90 Å². The first kappa shape index (κ1) is 23.3. The number of nitrogens with one attached hydrogen (secondary N) is 1. The second-order valence-corrected chi connectivity index (χ2v) is 8.35. The lowest BCUT2D eigenvalue weighted by atomic mass is 9.96. The van der Waals surface area contributed by atoms with Crippen LogP contribution in [0.15, 0.2) is 12.3 Å². The smallest absolute Gasteiger partial charge is 0.243 e. The third kappa shape index (κ3) is 6.02. The Labute approximate surface area is 173 Å². The van der Waals surface area contributed by atoms with Crippen molar-refractivity contribution in [2.45, 2.75) is 78.1 Å². The molecule has 2 rings (SSSR count). The maximum absolute atomic E-state index is 12.8. The summed E-state index contributed by atoms with van der Waals surface area (Å²) < 4.78 is 1.94. The first-order valence-electron chi connectivity index (χ1n) is 10.7.